The maximum absolute atomic E-state index is 11.5. The summed E-state index contributed by atoms with van der Waals surface area (Å²) >= 11 is 0. The Morgan fingerprint density at radius 2 is 1.15 bits per heavy atom. The zero-order valence-electron chi connectivity index (χ0n) is 36.6. The van der Waals surface area contributed by atoms with Gasteiger partial charge in [-0.25, -0.2) is 4.79 Å². The third-order valence-electron chi connectivity index (χ3n) is 12.9. The highest BCUT2D eigenvalue weighted by atomic mass is 16.4. The number of carboxylic acids is 1. The Morgan fingerprint density at radius 1 is 0.644 bits per heavy atom. The maximum atomic E-state index is 11.5. The molecule has 59 heavy (non-hydrogen) atoms. The van der Waals surface area contributed by atoms with E-state index < -0.39 is 5.97 Å². The molecule has 1 heterocycles. The van der Waals surface area contributed by atoms with E-state index in [0.29, 0.717) is 5.56 Å². The van der Waals surface area contributed by atoms with Crippen LogP contribution in [0.3, 0.4) is 0 Å². The molecular formula is C55H62N2O2. The fourth-order valence-electron chi connectivity index (χ4n) is 9.49. The molecule has 1 aromatic heterocycles. The Kier molecular flexibility index (Phi) is 11.8. The van der Waals surface area contributed by atoms with Crippen molar-refractivity contribution >= 4 is 33.9 Å². The molecule has 1 aliphatic rings. The van der Waals surface area contributed by atoms with E-state index in [-0.39, 0.29) is 21.8 Å². The van der Waals surface area contributed by atoms with Gasteiger partial charge >= 0.3 is 5.97 Å². The molecule has 4 heteroatoms. The molecule has 6 aromatic rings. The molecule has 0 bridgehead atoms. The summed E-state index contributed by atoms with van der Waals surface area (Å²) in [6.07, 6.45) is 13.4. The lowest BCUT2D eigenvalue weighted by molar-refractivity contribution is -0.132. The Labute approximate surface area is 352 Å². The number of hydrogen-bond donors (Lipinski definition) is 1. The lowest BCUT2D eigenvalue weighted by Gasteiger charge is -2.33. The summed E-state index contributed by atoms with van der Waals surface area (Å²) in [7, 11) is 0. The number of carboxylic acid groups (broad SMARTS) is 1. The second-order valence-corrected chi connectivity index (χ2v) is 19.1. The summed E-state index contributed by atoms with van der Waals surface area (Å²) in [5.41, 5.74) is 14.6. The average Bonchev–Trinajstić information content (AvgIpc) is 3.68. The fourth-order valence-corrected chi connectivity index (χ4v) is 9.49. The van der Waals surface area contributed by atoms with E-state index in [4.69, 9.17) is 0 Å². The molecule has 0 amide bonds. The van der Waals surface area contributed by atoms with Crippen molar-refractivity contribution in [3.05, 3.63) is 130 Å². The highest BCUT2D eigenvalue weighted by Crippen LogP contribution is 2.56. The van der Waals surface area contributed by atoms with Gasteiger partial charge in [0, 0.05) is 21.9 Å². The average molecular weight is 783 g/mol. The van der Waals surface area contributed by atoms with Gasteiger partial charge < -0.3 is 9.67 Å². The minimum atomic E-state index is -1.21. The van der Waals surface area contributed by atoms with Crippen molar-refractivity contribution in [2.24, 2.45) is 0 Å². The molecule has 304 valence electrons. The van der Waals surface area contributed by atoms with Crippen molar-refractivity contribution in [1.82, 2.24) is 4.57 Å². The highest BCUT2D eigenvalue weighted by molar-refractivity contribution is 6.10. The first kappa shape index (κ1) is 41.7. The molecule has 1 aliphatic carbocycles. The Hall–Kier alpha value is -5.40. The zero-order valence-corrected chi connectivity index (χ0v) is 36.6. The largest absolute Gasteiger partial charge is 0.477 e. The van der Waals surface area contributed by atoms with Gasteiger partial charge in [-0.2, -0.15) is 5.26 Å². The Balaban J connectivity index is 1.42. The number of nitrogens with zero attached hydrogens (tertiary/aromatic N) is 2. The van der Waals surface area contributed by atoms with E-state index in [0.717, 1.165) is 24.0 Å². The van der Waals surface area contributed by atoms with Gasteiger partial charge in [0.15, 0.2) is 0 Å². The van der Waals surface area contributed by atoms with Crippen LogP contribution in [-0.2, 0) is 21.0 Å². The third-order valence-corrected chi connectivity index (χ3v) is 12.9. The predicted octanol–water partition coefficient (Wildman–Crippen LogP) is 15.2. The van der Waals surface area contributed by atoms with Gasteiger partial charge in [-0.15, -0.1) is 0 Å². The summed E-state index contributed by atoms with van der Waals surface area (Å²) < 4.78 is 2.52. The van der Waals surface area contributed by atoms with Crippen LogP contribution >= 0.6 is 0 Å². The van der Waals surface area contributed by atoms with Crippen molar-refractivity contribution in [3.63, 3.8) is 0 Å². The van der Waals surface area contributed by atoms with Crippen LogP contribution in [0.2, 0.25) is 0 Å². The topological polar surface area (TPSA) is 66.0 Å². The Morgan fingerprint density at radius 3 is 1.64 bits per heavy atom. The predicted molar refractivity (Wildman–Crippen MR) is 249 cm³/mol. The number of hydrogen-bond acceptors (Lipinski definition) is 2. The van der Waals surface area contributed by atoms with Crippen molar-refractivity contribution in [2.45, 2.75) is 136 Å². The minimum absolute atomic E-state index is 0.0396. The van der Waals surface area contributed by atoms with E-state index in [1.165, 1.54) is 118 Å². The van der Waals surface area contributed by atoms with Crippen LogP contribution < -0.4 is 0 Å². The van der Waals surface area contributed by atoms with Crippen LogP contribution in [0, 0.1) is 11.3 Å². The SMILES string of the molecule is CCCCCCC1(CCCCCC)c2cc(-c3ccc(/C=C(/C#N)C(=O)O)cc3)ccc2-c2ccc(-n3c4ccc(C(C)(C)C)cc4c4cc(C(C)(C)C)ccc43)cc21. The monoisotopic (exact) mass is 782 g/mol. The van der Waals surface area contributed by atoms with E-state index in [9.17, 15) is 15.2 Å². The first-order valence-electron chi connectivity index (χ1n) is 22.0. The normalized spacial score (nSPS) is 13.8. The number of aromatic nitrogens is 1. The molecule has 0 atom stereocenters. The number of unbranched alkanes of at least 4 members (excludes halogenated alkanes) is 6. The number of nitriles is 1. The Bertz CT molecular complexity index is 2500. The van der Waals surface area contributed by atoms with Crippen molar-refractivity contribution in [1.29, 1.82) is 5.26 Å². The van der Waals surface area contributed by atoms with Gasteiger partial charge in [0.25, 0.3) is 0 Å². The van der Waals surface area contributed by atoms with Crippen LogP contribution in [0.5, 0.6) is 0 Å². The van der Waals surface area contributed by atoms with E-state index in [1.807, 2.05) is 24.3 Å². The zero-order chi connectivity index (χ0) is 42.1. The molecule has 0 spiro atoms. The molecule has 0 radical (unpaired) electrons. The maximum Gasteiger partial charge on any atom is 0.346 e. The summed E-state index contributed by atoms with van der Waals surface area (Å²) in [5.74, 6) is -1.21. The molecule has 5 aromatic carbocycles. The van der Waals surface area contributed by atoms with Crippen LogP contribution in [0.25, 0.3) is 55.8 Å². The molecule has 1 N–H and O–H groups in total. The van der Waals surface area contributed by atoms with Gasteiger partial charge in [0.1, 0.15) is 11.6 Å². The first-order valence-corrected chi connectivity index (χ1v) is 22.0. The molecule has 4 nitrogen and oxygen atoms in total. The first-order chi connectivity index (χ1) is 28.2. The van der Waals surface area contributed by atoms with Crippen molar-refractivity contribution in [2.75, 3.05) is 0 Å². The summed E-state index contributed by atoms with van der Waals surface area (Å²) in [5, 5.41) is 21.4. The highest BCUT2D eigenvalue weighted by Gasteiger charge is 2.43. The lowest BCUT2D eigenvalue weighted by Crippen LogP contribution is -2.26. The molecule has 0 aliphatic heterocycles. The quantitative estimate of drug-likeness (QED) is 0.0680. The van der Waals surface area contributed by atoms with Crippen LogP contribution in [0.15, 0.2) is 103 Å². The van der Waals surface area contributed by atoms with E-state index in [2.05, 4.69) is 133 Å². The fraction of sp³-hybridized carbons (Fsp3) is 0.382. The summed E-state index contributed by atoms with van der Waals surface area (Å²) in [6.45, 7) is 18.4. The third kappa shape index (κ3) is 8.14. The van der Waals surface area contributed by atoms with Gasteiger partial charge in [-0.05, 0) is 122 Å². The van der Waals surface area contributed by atoms with E-state index >= 15 is 0 Å². The summed E-state index contributed by atoms with van der Waals surface area (Å²) in [6, 6.07) is 38.3. The van der Waals surface area contributed by atoms with Gasteiger partial charge in [-0.1, -0.05) is 161 Å². The molecular weight excluding hydrogens is 721 g/mol. The molecule has 0 saturated carbocycles. The molecule has 0 fully saturated rings. The number of rotatable bonds is 14. The lowest BCUT2D eigenvalue weighted by atomic mass is 9.70. The molecule has 7 rings (SSSR count). The van der Waals surface area contributed by atoms with E-state index in [1.54, 1.807) is 6.07 Å². The molecule has 0 unspecified atom stereocenters. The number of benzene rings is 5. The van der Waals surface area contributed by atoms with Gasteiger partial charge in [0.05, 0.1) is 11.0 Å². The van der Waals surface area contributed by atoms with Crippen LogP contribution in [-0.4, -0.2) is 15.6 Å². The second-order valence-electron chi connectivity index (χ2n) is 19.1. The number of carbonyl (C=O) groups is 1. The van der Waals surface area contributed by atoms with Crippen LogP contribution in [0.4, 0.5) is 0 Å². The summed E-state index contributed by atoms with van der Waals surface area (Å²) in [4.78, 5) is 11.5. The number of aliphatic carboxylic acids is 1. The van der Waals surface area contributed by atoms with Gasteiger partial charge in [-0.3, -0.25) is 0 Å². The number of fused-ring (bicyclic) bond motifs is 6. The standard InChI is InChI=1S/C55H62N2O2/c1-9-11-13-15-29-55(30-16-14-12-10-2)48-32-39(38-19-17-37(18-20-38)31-40(36-56)52(58)59)21-25-44(48)45-26-24-43(35-49(45)55)57-50-27-22-41(53(3,4)5)33-46(50)47-34-42(54(6,7)8)23-28-51(47)57/h17-28,31-35H,9-16,29-30H2,1-8H3,(H,58,59)/b40-31-. The second kappa shape index (κ2) is 16.7. The van der Waals surface area contributed by atoms with Crippen LogP contribution in [0.1, 0.15) is 147 Å². The molecule has 0 saturated heterocycles. The van der Waals surface area contributed by atoms with Gasteiger partial charge in [0.2, 0.25) is 0 Å². The van der Waals surface area contributed by atoms with Crippen molar-refractivity contribution in [3.8, 4) is 34.0 Å². The smallest absolute Gasteiger partial charge is 0.346 e. The minimum Gasteiger partial charge on any atom is -0.477 e. The van der Waals surface area contributed by atoms with Crippen molar-refractivity contribution < 1.29 is 9.90 Å².